The van der Waals surface area contributed by atoms with Crippen molar-refractivity contribution in [1.29, 1.82) is 0 Å². The molecule has 1 aliphatic heterocycles. The van der Waals surface area contributed by atoms with E-state index in [2.05, 4.69) is 22.3 Å². The zero-order chi connectivity index (χ0) is 16.1. The Morgan fingerprint density at radius 1 is 1.32 bits per heavy atom. The summed E-state index contributed by atoms with van der Waals surface area (Å²) in [4.78, 5) is 26.5. The van der Waals surface area contributed by atoms with Gasteiger partial charge in [-0.2, -0.15) is 0 Å². The minimum atomic E-state index is -0.415. The minimum Gasteiger partial charge on any atom is -0.345 e. The zero-order valence-electron chi connectivity index (χ0n) is 13.7. The largest absolute Gasteiger partial charge is 0.345 e. The molecule has 0 radical (unpaired) electrons. The van der Waals surface area contributed by atoms with Crippen molar-refractivity contribution in [2.75, 3.05) is 13.6 Å². The first-order chi connectivity index (χ1) is 10.5. The lowest BCUT2D eigenvalue weighted by Gasteiger charge is -2.26. The van der Waals surface area contributed by atoms with Gasteiger partial charge in [0.1, 0.15) is 0 Å². The van der Waals surface area contributed by atoms with Gasteiger partial charge in [-0.3, -0.25) is 14.5 Å². The molecule has 22 heavy (non-hydrogen) atoms. The normalized spacial score (nSPS) is 21.3. The number of rotatable bonds is 6. The Hall–Kier alpha value is -1.68. The Bertz CT molecular complexity index is 515. The molecule has 1 aromatic carbocycles. The van der Waals surface area contributed by atoms with E-state index in [0.29, 0.717) is 0 Å². The third-order valence-electron chi connectivity index (χ3n) is 4.53. The van der Waals surface area contributed by atoms with E-state index in [-0.39, 0.29) is 23.7 Å². The van der Waals surface area contributed by atoms with Gasteiger partial charge >= 0.3 is 0 Å². The van der Waals surface area contributed by atoms with Gasteiger partial charge in [-0.1, -0.05) is 37.3 Å². The summed E-state index contributed by atoms with van der Waals surface area (Å²) in [5.74, 6) is 0.0908. The molecule has 1 saturated heterocycles. The number of benzene rings is 1. The molecule has 1 aliphatic rings. The average Bonchev–Trinajstić information content (AvgIpc) is 2.91. The van der Waals surface area contributed by atoms with Gasteiger partial charge < -0.3 is 5.32 Å². The highest BCUT2D eigenvalue weighted by atomic mass is 16.2. The molecule has 1 N–H and O–H groups in total. The van der Waals surface area contributed by atoms with E-state index in [1.807, 2.05) is 32.2 Å². The minimum absolute atomic E-state index is 0.0138. The van der Waals surface area contributed by atoms with Gasteiger partial charge in [0.25, 0.3) is 0 Å². The molecule has 3 atom stereocenters. The summed E-state index contributed by atoms with van der Waals surface area (Å²) >= 11 is 0. The highest BCUT2D eigenvalue weighted by Gasteiger charge is 2.31. The van der Waals surface area contributed by atoms with Gasteiger partial charge in [0.15, 0.2) is 5.78 Å². The van der Waals surface area contributed by atoms with Crippen molar-refractivity contribution in [1.82, 2.24) is 10.2 Å². The van der Waals surface area contributed by atoms with Crippen LogP contribution in [0.5, 0.6) is 0 Å². The number of carbonyl (C=O) groups is 2. The molecule has 0 bridgehead atoms. The van der Waals surface area contributed by atoms with Gasteiger partial charge in [-0.05, 0) is 51.3 Å². The Morgan fingerprint density at radius 2 is 2.00 bits per heavy atom. The Balaban J connectivity index is 2.00. The molecular weight excluding hydrogens is 276 g/mol. The van der Waals surface area contributed by atoms with Crippen LogP contribution in [0.4, 0.5) is 0 Å². The maximum atomic E-state index is 12.4. The molecule has 120 valence electrons. The number of Topliss-reactive ketones (excluding diaryl/α,β-unsaturated/α-hetero) is 1. The van der Waals surface area contributed by atoms with Crippen molar-refractivity contribution in [3.63, 3.8) is 0 Å². The average molecular weight is 302 g/mol. The van der Waals surface area contributed by atoms with E-state index in [4.69, 9.17) is 0 Å². The quantitative estimate of drug-likeness (QED) is 0.875. The second kappa shape index (κ2) is 7.54. The predicted octanol–water partition coefficient (Wildman–Crippen LogP) is 2.03. The SMILES string of the molecule is CC(=O)C(NC(=O)C1CCCN1C)C(C)Cc1ccccc1. The molecule has 0 saturated carbocycles. The van der Waals surface area contributed by atoms with Crippen LogP contribution in [-0.2, 0) is 16.0 Å². The van der Waals surface area contributed by atoms with Crippen LogP contribution in [-0.4, -0.2) is 42.3 Å². The predicted molar refractivity (Wildman–Crippen MR) is 87.6 cm³/mol. The molecule has 1 amide bonds. The van der Waals surface area contributed by atoms with Gasteiger partial charge in [0.2, 0.25) is 5.91 Å². The topological polar surface area (TPSA) is 49.4 Å². The lowest BCUT2D eigenvalue weighted by atomic mass is 9.91. The first-order valence-corrected chi connectivity index (χ1v) is 8.04. The monoisotopic (exact) mass is 302 g/mol. The third kappa shape index (κ3) is 4.17. The van der Waals surface area contributed by atoms with Crippen LogP contribution in [0.1, 0.15) is 32.3 Å². The van der Waals surface area contributed by atoms with Gasteiger partial charge in [0, 0.05) is 0 Å². The summed E-state index contributed by atoms with van der Waals surface area (Å²) in [6, 6.07) is 9.58. The van der Waals surface area contributed by atoms with Crippen molar-refractivity contribution in [3.05, 3.63) is 35.9 Å². The first kappa shape index (κ1) is 16.7. The van der Waals surface area contributed by atoms with Crippen molar-refractivity contribution < 1.29 is 9.59 Å². The van der Waals surface area contributed by atoms with Crippen LogP contribution >= 0.6 is 0 Å². The lowest BCUT2D eigenvalue weighted by molar-refractivity contribution is -0.130. The molecule has 0 aromatic heterocycles. The standard InChI is InChI=1S/C18H26N2O2/c1-13(12-15-8-5-4-6-9-15)17(14(2)21)19-18(22)16-10-7-11-20(16)3/h4-6,8-9,13,16-17H,7,10-12H2,1-3H3,(H,19,22). The second-order valence-electron chi connectivity index (χ2n) is 6.40. The molecule has 0 aliphatic carbocycles. The number of likely N-dealkylation sites (tertiary alicyclic amines) is 1. The summed E-state index contributed by atoms with van der Waals surface area (Å²) < 4.78 is 0. The molecule has 1 aromatic rings. The summed E-state index contributed by atoms with van der Waals surface area (Å²) in [6.45, 7) is 4.53. The number of likely N-dealkylation sites (N-methyl/N-ethyl adjacent to an activating group) is 1. The van der Waals surface area contributed by atoms with Crippen molar-refractivity contribution in [3.8, 4) is 0 Å². The molecule has 4 nitrogen and oxygen atoms in total. The number of hydrogen-bond donors (Lipinski definition) is 1. The fourth-order valence-electron chi connectivity index (χ4n) is 3.24. The van der Waals surface area contributed by atoms with Crippen LogP contribution in [0.2, 0.25) is 0 Å². The van der Waals surface area contributed by atoms with Crippen LogP contribution in [0.15, 0.2) is 30.3 Å². The summed E-state index contributed by atoms with van der Waals surface area (Å²) in [5, 5.41) is 2.98. The summed E-state index contributed by atoms with van der Waals surface area (Å²) in [5.41, 5.74) is 1.19. The fourth-order valence-corrected chi connectivity index (χ4v) is 3.24. The number of hydrogen-bond acceptors (Lipinski definition) is 3. The third-order valence-corrected chi connectivity index (χ3v) is 4.53. The fraction of sp³-hybridized carbons (Fsp3) is 0.556. The van der Waals surface area contributed by atoms with Gasteiger partial charge in [0.05, 0.1) is 12.1 Å². The maximum Gasteiger partial charge on any atom is 0.237 e. The van der Waals surface area contributed by atoms with E-state index < -0.39 is 6.04 Å². The van der Waals surface area contributed by atoms with Crippen molar-refractivity contribution in [2.45, 2.75) is 45.2 Å². The van der Waals surface area contributed by atoms with Crippen LogP contribution in [0.25, 0.3) is 0 Å². The van der Waals surface area contributed by atoms with E-state index in [1.165, 1.54) is 5.56 Å². The van der Waals surface area contributed by atoms with E-state index in [9.17, 15) is 9.59 Å². The van der Waals surface area contributed by atoms with Crippen LogP contribution in [0.3, 0.4) is 0 Å². The zero-order valence-corrected chi connectivity index (χ0v) is 13.7. The van der Waals surface area contributed by atoms with E-state index in [1.54, 1.807) is 6.92 Å². The Morgan fingerprint density at radius 3 is 2.55 bits per heavy atom. The highest BCUT2D eigenvalue weighted by Crippen LogP contribution is 2.17. The van der Waals surface area contributed by atoms with Crippen molar-refractivity contribution in [2.24, 2.45) is 5.92 Å². The van der Waals surface area contributed by atoms with Gasteiger partial charge in [-0.15, -0.1) is 0 Å². The highest BCUT2D eigenvalue weighted by molar-refractivity contribution is 5.90. The van der Waals surface area contributed by atoms with E-state index >= 15 is 0 Å². The number of ketones is 1. The number of nitrogens with one attached hydrogen (secondary N) is 1. The molecule has 0 spiro atoms. The Kier molecular flexibility index (Phi) is 5.72. The van der Waals surface area contributed by atoms with Crippen molar-refractivity contribution >= 4 is 11.7 Å². The molecule has 3 unspecified atom stereocenters. The maximum absolute atomic E-state index is 12.4. The smallest absolute Gasteiger partial charge is 0.237 e. The molecule has 2 rings (SSSR count). The van der Waals surface area contributed by atoms with Gasteiger partial charge in [-0.25, -0.2) is 0 Å². The van der Waals surface area contributed by atoms with Crippen LogP contribution in [0, 0.1) is 5.92 Å². The summed E-state index contributed by atoms with van der Waals surface area (Å²) in [6.07, 6.45) is 2.70. The Labute approximate surface area is 132 Å². The molecule has 4 heteroatoms. The molecular formula is C18H26N2O2. The number of amides is 1. The number of carbonyl (C=O) groups excluding carboxylic acids is 2. The molecule has 1 heterocycles. The lowest BCUT2D eigenvalue weighted by Crippen LogP contribution is -2.50. The summed E-state index contributed by atoms with van der Waals surface area (Å²) in [7, 11) is 1.97. The second-order valence-corrected chi connectivity index (χ2v) is 6.40. The first-order valence-electron chi connectivity index (χ1n) is 8.04. The van der Waals surface area contributed by atoms with Crippen LogP contribution < -0.4 is 5.32 Å². The molecule has 1 fully saturated rings. The van der Waals surface area contributed by atoms with E-state index in [0.717, 1.165) is 25.8 Å². The number of nitrogens with zero attached hydrogens (tertiary/aromatic N) is 1.